The fourth-order valence-electron chi connectivity index (χ4n) is 2.64. The van der Waals surface area contributed by atoms with Crippen molar-refractivity contribution in [2.24, 2.45) is 0 Å². The number of benzene rings is 2. The van der Waals surface area contributed by atoms with Crippen LogP contribution in [0, 0.1) is 24.1 Å². The molecular formula is C20H18FNO. The Labute approximate surface area is 135 Å². The molecule has 1 aliphatic carbocycles. The number of carbonyl (C=O) groups excluding carboxylic acids is 1. The van der Waals surface area contributed by atoms with Crippen molar-refractivity contribution >= 4 is 11.9 Å². The van der Waals surface area contributed by atoms with Crippen LogP contribution in [-0.2, 0) is 6.42 Å². The van der Waals surface area contributed by atoms with Crippen molar-refractivity contribution < 1.29 is 9.18 Å². The van der Waals surface area contributed by atoms with Crippen LogP contribution in [0.5, 0.6) is 0 Å². The molecule has 0 saturated heterocycles. The number of nitriles is 1. The number of carbonyl (C=O) groups is 1. The molecular weight excluding hydrogens is 289 g/mol. The molecule has 0 radical (unpaired) electrons. The normalized spacial score (nSPS) is 14.0. The maximum absolute atomic E-state index is 12.9. The van der Waals surface area contributed by atoms with E-state index in [-0.39, 0.29) is 11.6 Å². The van der Waals surface area contributed by atoms with E-state index in [1.807, 2.05) is 20.8 Å². The molecule has 0 unspecified atom stereocenters. The summed E-state index contributed by atoms with van der Waals surface area (Å²) in [6.45, 7) is 5.87. The highest BCUT2D eigenvalue weighted by molar-refractivity contribution is 6.15. The van der Waals surface area contributed by atoms with Gasteiger partial charge in [-0.15, -0.1) is 0 Å². The highest BCUT2D eigenvalue weighted by Crippen LogP contribution is 2.31. The fourth-order valence-corrected chi connectivity index (χ4v) is 2.64. The number of fused-ring (bicyclic) bond motifs is 1. The first kappa shape index (κ1) is 16.6. The number of hydrogen-bond acceptors (Lipinski definition) is 2. The molecule has 0 saturated carbocycles. The second-order valence-corrected chi connectivity index (χ2v) is 5.10. The van der Waals surface area contributed by atoms with Crippen LogP contribution in [0.25, 0.3) is 6.08 Å². The van der Waals surface area contributed by atoms with Crippen LogP contribution in [0.15, 0.2) is 42.0 Å². The van der Waals surface area contributed by atoms with Crippen LogP contribution >= 0.6 is 0 Å². The lowest BCUT2D eigenvalue weighted by atomic mass is 9.99. The van der Waals surface area contributed by atoms with E-state index in [0.717, 1.165) is 16.7 Å². The quantitative estimate of drug-likeness (QED) is 0.706. The van der Waals surface area contributed by atoms with E-state index in [9.17, 15) is 9.18 Å². The maximum Gasteiger partial charge on any atom is 0.189 e. The smallest absolute Gasteiger partial charge is 0.189 e. The van der Waals surface area contributed by atoms with E-state index < -0.39 is 0 Å². The van der Waals surface area contributed by atoms with Crippen LogP contribution in [0.3, 0.4) is 0 Å². The number of ketones is 1. The molecule has 3 rings (SSSR count). The lowest BCUT2D eigenvalue weighted by Gasteiger charge is -2.03. The Kier molecular flexibility index (Phi) is 5.08. The van der Waals surface area contributed by atoms with Gasteiger partial charge in [-0.05, 0) is 54.0 Å². The van der Waals surface area contributed by atoms with Gasteiger partial charge in [-0.2, -0.15) is 5.26 Å². The molecule has 3 heteroatoms. The monoisotopic (exact) mass is 307 g/mol. The fraction of sp³-hybridized carbons (Fsp3) is 0.200. The van der Waals surface area contributed by atoms with Gasteiger partial charge < -0.3 is 0 Å². The first-order valence-electron chi connectivity index (χ1n) is 7.63. The van der Waals surface area contributed by atoms with Crippen LogP contribution in [0.1, 0.15) is 46.5 Å². The molecule has 0 N–H and O–H groups in total. The van der Waals surface area contributed by atoms with Crippen molar-refractivity contribution in [1.29, 1.82) is 5.26 Å². The second-order valence-electron chi connectivity index (χ2n) is 5.10. The zero-order chi connectivity index (χ0) is 17.0. The Bertz CT molecular complexity index is 811. The Morgan fingerprint density at radius 2 is 1.78 bits per heavy atom. The molecule has 0 bridgehead atoms. The second kappa shape index (κ2) is 7.02. The molecule has 2 nitrogen and oxygen atoms in total. The molecule has 0 aromatic heterocycles. The zero-order valence-electron chi connectivity index (χ0n) is 13.5. The zero-order valence-corrected chi connectivity index (χ0v) is 13.5. The molecule has 0 atom stereocenters. The molecule has 23 heavy (non-hydrogen) atoms. The van der Waals surface area contributed by atoms with Crippen LogP contribution < -0.4 is 0 Å². The molecule has 0 amide bonds. The Hall–Kier alpha value is -2.73. The predicted molar refractivity (Wildman–Crippen MR) is 89.7 cm³/mol. The molecule has 2 aromatic rings. The first-order valence-corrected chi connectivity index (χ1v) is 7.63. The molecule has 1 aliphatic rings. The van der Waals surface area contributed by atoms with Gasteiger partial charge in [0.2, 0.25) is 0 Å². The van der Waals surface area contributed by atoms with Gasteiger partial charge in [0.1, 0.15) is 5.82 Å². The molecule has 0 spiro atoms. The average Bonchev–Trinajstić information content (AvgIpc) is 2.89. The lowest BCUT2D eigenvalue weighted by molar-refractivity contribution is 0.104. The van der Waals surface area contributed by atoms with Gasteiger partial charge in [0.25, 0.3) is 0 Å². The molecule has 2 aromatic carbocycles. The lowest BCUT2D eigenvalue weighted by Crippen LogP contribution is -1.96. The minimum Gasteiger partial charge on any atom is -0.289 e. The van der Waals surface area contributed by atoms with E-state index in [0.29, 0.717) is 23.1 Å². The summed E-state index contributed by atoms with van der Waals surface area (Å²) < 4.78 is 12.9. The third-order valence-corrected chi connectivity index (χ3v) is 3.83. The maximum atomic E-state index is 12.9. The predicted octanol–water partition coefficient (Wildman–Crippen LogP) is 4.85. The van der Waals surface area contributed by atoms with Crippen molar-refractivity contribution in [3.8, 4) is 6.07 Å². The van der Waals surface area contributed by atoms with E-state index >= 15 is 0 Å². The molecule has 116 valence electrons. The van der Waals surface area contributed by atoms with Gasteiger partial charge in [0.05, 0.1) is 11.6 Å². The SMILES string of the molecule is CC.Cc1c(C#N)ccc2c1C/C(=C\c1ccc(F)cc1)C2=O. The van der Waals surface area contributed by atoms with E-state index in [4.69, 9.17) is 5.26 Å². The molecule has 0 aliphatic heterocycles. The summed E-state index contributed by atoms with van der Waals surface area (Å²) in [6, 6.07) is 11.6. The molecule has 0 fully saturated rings. The largest absolute Gasteiger partial charge is 0.289 e. The van der Waals surface area contributed by atoms with Gasteiger partial charge in [-0.1, -0.05) is 26.0 Å². The highest BCUT2D eigenvalue weighted by atomic mass is 19.1. The summed E-state index contributed by atoms with van der Waals surface area (Å²) >= 11 is 0. The number of halogens is 1. The first-order chi connectivity index (χ1) is 11.1. The summed E-state index contributed by atoms with van der Waals surface area (Å²) in [5, 5.41) is 9.06. The third kappa shape index (κ3) is 3.22. The topological polar surface area (TPSA) is 40.9 Å². The van der Waals surface area contributed by atoms with Crippen LogP contribution in [0.2, 0.25) is 0 Å². The van der Waals surface area contributed by atoms with Crippen molar-refractivity contribution in [2.45, 2.75) is 27.2 Å². The Morgan fingerprint density at radius 3 is 2.39 bits per heavy atom. The van der Waals surface area contributed by atoms with Crippen molar-refractivity contribution in [1.82, 2.24) is 0 Å². The Balaban J connectivity index is 0.000000924. The molecule has 0 heterocycles. The van der Waals surface area contributed by atoms with Gasteiger partial charge in [0.15, 0.2) is 5.78 Å². The number of hydrogen-bond donors (Lipinski definition) is 0. The van der Waals surface area contributed by atoms with Crippen LogP contribution in [-0.4, -0.2) is 5.78 Å². The number of Topliss-reactive ketones (excluding diaryl/α,β-unsaturated/α-hetero) is 1. The minimum absolute atomic E-state index is 0.0121. The van der Waals surface area contributed by atoms with Crippen molar-refractivity contribution in [2.75, 3.05) is 0 Å². The van der Waals surface area contributed by atoms with E-state index in [1.54, 1.807) is 30.3 Å². The number of nitrogens with zero attached hydrogens (tertiary/aromatic N) is 1. The standard InChI is InChI=1S/C18H12FNO.C2H6/c1-11-13(10-20)4-7-16-17(11)9-14(18(16)21)8-12-2-5-15(19)6-3-12;1-2/h2-8H,9H2,1H3;1-2H3/b14-8+;. The summed E-state index contributed by atoms with van der Waals surface area (Å²) in [4.78, 5) is 12.4. The minimum atomic E-state index is -0.298. The van der Waals surface area contributed by atoms with E-state index in [2.05, 4.69) is 6.07 Å². The van der Waals surface area contributed by atoms with Gasteiger partial charge in [0, 0.05) is 17.6 Å². The number of allylic oxidation sites excluding steroid dienone is 1. The number of rotatable bonds is 1. The van der Waals surface area contributed by atoms with Crippen molar-refractivity contribution in [3.05, 3.63) is 75.6 Å². The third-order valence-electron chi connectivity index (χ3n) is 3.83. The highest BCUT2D eigenvalue weighted by Gasteiger charge is 2.27. The Morgan fingerprint density at radius 1 is 1.13 bits per heavy atom. The van der Waals surface area contributed by atoms with Gasteiger partial charge in [-0.3, -0.25) is 4.79 Å². The van der Waals surface area contributed by atoms with E-state index in [1.165, 1.54) is 12.1 Å². The summed E-state index contributed by atoms with van der Waals surface area (Å²) in [6.07, 6.45) is 2.31. The average molecular weight is 307 g/mol. The van der Waals surface area contributed by atoms with Gasteiger partial charge in [-0.25, -0.2) is 4.39 Å². The summed E-state index contributed by atoms with van der Waals surface area (Å²) in [5.41, 5.74) is 4.53. The summed E-state index contributed by atoms with van der Waals surface area (Å²) in [5.74, 6) is -0.311. The van der Waals surface area contributed by atoms with Gasteiger partial charge >= 0.3 is 0 Å². The van der Waals surface area contributed by atoms with Crippen molar-refractivity contribution in [3.63, 3.8) is 0 Å². The summed E-state index contributed by atoms with van der Waals surface area (Å²) in [7, 11) is 0. The van der Waals surface area contributed by atoms with Crippen LogP contribution in [0.4, 0.5) is 4.39 Å².